The molecule has 0 saturated carbocycles. The van der Waals surface area contributed by atoms with Gasteiger partial charge in [-0.2, -0.15) is 5.10 Å². The van der Waals surface area contributed by atoms with Crippen molar-refractivity contribution in [1.82, 2.24) is 14.8 Å². The van der Waals surface area contributed by atoms with E-state index in [1.807, 2.05) is 36.9 Å². The number of hydrogen-bond donors (Lipinski definition) is 1. The van der Waals surface area contributed by atoms with Crippen LogP contribution in [0, 0.1) is 13.8 Å². The summed E-state index contributed by atoms with van der Waals surface area (Å²) in [5.41, 5.74) is 10.5. The first-order chi connectivity index (χ1) is 8.60. The van der Waals surface area contributed by atoms with Gasteiger partial charge in [0.15, 0.2) is 0 Å². The van der Waals surface area contributed by atoms with E-state index in [1.165, 1.54) is 5.69 Å². The molecule has 4 nitrogen and oxygen atoms in total. The number of rotatable bonds is 4. The minimum Gasteiger partial charge on any atom is -0.324 e. The molecule has 18 heavy (non-hydrogen) atoms. The van der Waals surface area contributed by atoms with E-state index >= 15 is 0 Å². The van der Waals surface area contributed by atoms with Crippen molar-refractivity contribution in [3.63, 3.8) is 0 Å². The lowest BCUT2D eigenvalue weighted by molar-refractivity contribution is 0.586. The maximum atomic E-state index is 6.23. The van der Waals surface area contributed by atoms with Crippen LogP contribution < -0.4 is 5.73 Å². The smallest absolute Gasteiger partial charge is 0.0596 e. The Labute approximate surface area is 108 Å². The van der Waals surface area contributed by atoms with E-state index in [0.29, 0.717) is 0 Å². The van der Waals surface area contributed by atoms with Crippen LogP contribution in [0.15, 0.2) is 24.4 Å². The minimum atomic E-state index is -0.0282. The predicted octanol–water partition coefficient (Wildman–Crippen LogP) is 2.16. The molecule has 2 N–H and O–H groups in total. The fourth-order valence-electron chi connectivity index (χ4n) is 2.08. The van der Waals surface area contributed by atoms with Crippen LogP contribution in [0.1, 0.15) is 35.6 Å². The van der Waals surface area contributed by atoms with Gasteiger partial charge in [-0.05, 0) is 38.5 Å². The van der Waals surface area contributed by atoms with Crippen LogP contribution >= 0.6 is 0 Å². The molecule has 96 valence electrons. The molecule has 0 aromatic carbocycles. The highest BCUT2D eigenvalue weighted by molar-refractivity contribution is 5.20. The van der Waals surface area contributed by atoms with Crippen molar-refractivity contribution in [2.75, 3.05) is 0 Å². The zero-order valence-corrected chi connectivity index (χ0v) is 11.2. The van der Waals surface area contributed by atoms with Crippen LogP contribution in [0.2, 0.25) is 0 Å². The lowest BCUT2D eigenvalue weighted by atomic mass is 10.0. The maximum absolute atomic E-state index is 6.23. The van der Waals surface area contributed by atoms with Gasteiger partial charge < -0.3 is 5.73 Å². The number of nitrogens with two attached hydrogens (primary N) is 1. The van der Waals surface area contributed by atoms with Crippen LogP contribution in [0.25, 0.3) is 0 Å². The van der Waals surface area contributed by atoms with Gasteiger partial charge >= 0.3 is 0 Å². The van der Waals surface area contributed by atoms with Crippen molar-refractivity contribution in [3.8, 4) is 0 Å². The van der Waals surface area contributed by atoms with Crippen LogP contribution in [-0.2, 0) is 13.0 Å². The molecule has 0 spiro atoms. The SMILES string of the molecule is CCn1nc(C)cc1CC(N)c1ccc(C)nc1. The third-order valence-electron chi connectivity index (χ3n) is 3.08. The van der Waals surface area contributed by atoms with Gasteiger partial charge in [-0.3, -0.25) is 9.67 Å². The van der Waals surface area contributed by atoms with Gasteiger partial charge in [0.1, 0.15) is 0 Å². The average molecular weight is 244 g/mol. The molecule has 1 unspecified atom stereocenters. The first kappa shape index (κ1) is 12.8. The molecule has 0 amide bonds. The molecule has 1 atom stereocenters. The van der Waals surface area contributed by atoms with Crippen molar-refractivity contribution >= 4 is 0 Å². The topological polar surface area (TPSA) is 56.7 Å². The van der Waals surface area contributed by atoms with Gasteiger partial charge in [0.05, 0.1) is 5.69 Å². The Morgan fingerprint density at radius 1 is 1.28 bits per heavy atom. The van der Waals surface area contributed by atoms with Crippen molar-refractivity contribution in [2.24, 2.45) is 5.73 Å². The third kappa shape index (κ3) is 2.76. The standard InChI is InChI=1S/C14H20N4/c1-4-18-13(7-11(3)17-18)8-14(15)12-6-5-10(2)16-9-12/h5-7,9,14H,4,8,15H2,1-3H3. The van der Waals surface area contributed by atoms with E-state index in [2.05, 4.69) is 23.1 Å². The van der Waals surface area contributed by atoms with Gasteiger partial charge in [-0.15, -0.1) is 0 Å². The highest BCUT2D eigenvalue weighted by atomic mass is 15.3. The van der Waals surface area contributed by atoms with Crippen LogP contribution in [0.5, 0.6) is 0 Å². The fourth-order valence-corrected chi connectivity index (χ4v) is 2.08. The second-order valence-corrected chi connectivity index (χ2v) is 4.64. The summed E-state index contributed by atoms with van der Waals surface area (Å²) in [6.45, 7) is 6.95. The first-order valence-electron chi connectivity index (χ1n) is 6.31. The van der Waals surface area contributed by atoms with Crippen molar-refractivity contribution in [1.29, 1.82) is 0 Å². The molecule has 2 rings (SSSR count). The molecule has 0 aliphatic heterocycles. The monoisotopic (exact) mass is 244 g/mol. The zero-order chi connectivity index (χ0) is 13.1. The quantitative estimate of drug-likeness (QED) is 0.896. The second-order valence-electron chi connectivity index (χ2n) is 4.64. The lowest BCUT2D eigenvalue weighted by Gasteiger charge is -2.12. The van der Waals surface area contributed by atoms with Crippen LogP contribution in [-0.4, -0.2) is 14.8 Å². The fraction of sp³-hybridized carbons (Fsp3) is 0.429. The van der Waals surface area contributed by atoms with E-state index in [-0.39, 0.29) is 6.04 Å². The van der Waals surface area contributed by atoms with Crippen LogP contribution in [0.4, 0.5) is 0 Å². The van der Waals surface area contributed by atoms with E-state index in [4.69, 9.17) is 5.73 Å². The summed E-state index contributed by atoms with van der Waals surface area (Å²) in [4.78, 5) is 4.29. The highest BCUT2D eigenvalue weighted by Gasteiger charge is 2.11. The Hall–Kier alpha value is -1.68. The number of pyridine rings is 1. The van der Waals surface area contributed by atoms with Gasteiger partial charge in [0, 0.05) is 36.6 Å². The average Bonchev–Trinajstić information content (AvgIpc) is 2.70. The molecule has 0 radical (unpaired) electrons. The van der Waals surface area contributed by atoms with Crippen molar-refractivity contribution in [3.05, 3.63) is 47.0 Å². The van der Waals surface area contributed by atoms with Crippen molar-refractivity contribution in [2.45, 2.75) is 39.8 Å². The second kappa shape index (κ2) is 5.31. The molecular formula is C14H20N4. The Morgan fingerprint density at radius 2 is 2.06 bits per heavy atom. The lowest BCUT2D eigenvalue weighted by Crippen LogP contribution is -2.16. The van der Waals surface area contributed by atoms with Gasteiger partial charge in [-0.25, -0.2) is 0 Å². The molecule has 0 saturated heterocycles. The largest absolute Gasteiger partial charge is 0.324 e. The Balaban J connectivity index is 2.15. The molecule has 4 heteroatoms. The molecule has 0 aliphatic carbocycles. The molecule has 2 aromatic heterocycles. The van der Waals surface area contributed by atoms with E-state index in [1.54, 1.807) is 0 Å². The summed E-state index contributed by atoms with van der Waals surface area (Å²) in [6.07, 6.45) is 2.65. The third-order valence-corrected chi connectivity index (χ3v) is 3.08. The normalized spacial score (nSPS) is 12.7. The number of aromatic nitrogens is 3. The summed E-state index contributed by atoms with van der Waals surface area (Å²) in [6, 6.07) is 6.12. The molecule has 2 heterocycles. The molecule has 0 aliphatic rings. The number of nitrogens with zero attached hydrogens (tertiary/aromatic N) is 3. The first-order valence-corrected chi connectivity index (χ1v) is 6.31. The highest BCUT2D eigenvalue weighted by Crippen LogP contribution is 2.16. The van der Waals surface area contributed by atoms with Crippen LogP contribution in [0.3, 0.4) is 0 Å². The summed E-state index contributed by atoms with van der Waals surface area (Å²) in [5.74, 6) is 0. The summed E-state index contributed by atoms with van der Waals surface area (Å²) < 4.78 is 2.01. The van der Waals surface area contributed by atoms with E-state index < -0.39 is 0 Å². The summed E-state index contributed by atoms with van der Waals surface area (Å²) in [7, 11) is 0. The van der Waals surface area contributed by atoms with Crippen molar-refractivity contribution < 1.29 is 0 Å². The maximum Gasteiger partial charge on any atom is 0.0596 e. The number of aryl methyl sites for hydroxylation is 3. The summed E-state index contributed by atoms with van der Waals surface area (Å²) in [5, 5.41) is 4.44. The Kier molecular flexibility index (Phi) is 3.77. The Morgan fingerprint density at radius 3 is 2.67 bits per heavy atom. The molecular weight excluding hydrogens is 224 g/mol. The number of hydrogen-bond acceptors (Lipinski definition) is 3. The van der Waals surface area contributed by atoms with Gasteiger partial charge in [0.2, 0.25) is 0 Å². The predicted molar refractivity (Wildman–Crippen MR) is 72.2 cm³/mol. The minimum absolute atomic E-state index is 0.0282. The molecule has 2 aromatic rings. The zero-order valence-electron chi connectivity index (χ0n) is 11.2. The Bertz CT molecular complexity index is 513. The van der Waals surface area contributed by atoms with Gasteiger partial charge in [-0.1, -0.05) is 6.07 Å². The molecule has 0 bridgehead atoms. The summed E-state index contributed by atoms with van der Waals surface area (Å²) >= 11 is 0. The molecule has 0 fully saturated rings. The van der Waals surface area contributed by atoms with E-state index in [0.717, 1.165) is 29.9 Å². The van der Waals surface area contributed by atoms with Gasteiger partial charge in [0.25, 0.3) is 0 Å². The van der Waals surface area contributed by atoms with E-state index in [9.17, 15) is 0 Å².